The molecular formula is C17H17N2. The molecule has 0 bridgehead atoms. The Hall–Kier alpha value is -2.09. The number of rotatable bonds is 4. The highest BCUT2D eigenvalue weighted by Gasteiger charge is 2.14. The Morgan fingerprint density at radius 3 is 2.84 bits per heavy atom. The van der Waals surface area contributed by atoms with Gasteiger partial charge in [-0.15, -0.1) is 0 Å². The molecule has 3 rings (SSSR count). The number of fused-ring (bicyclic) bond motifs is 1. The third-order valence-corrected chi connectivity index (χ3v) is 3.55. The fourth-order valence-electron chi connectivity index (χ4n) is 2.64. The Kier molecular flexibility index (Phi) is 3.32. The summed E-state index contributed by atoms with van der Waals surface area (Å²) in [4.78, 5) is 4.12. The average molecular weight is 249 g/mol. The lowest BCUT2D eigenvalue weighted by Crippen LogP contribution is -2.09. The smallest absolute Gasteiger partial charge is 0.0586 e. The van der Waals surface area contributed by atoms with Crippen molar-refractivity contribution in [1.29, 1.82) is 0 Å². The molecule has 1 atom stereocenters. The summed E-state index contributed by atoms with van der Waals surface area (Å²) in [6.07, 6.45) is 8.21. The number of hydrogen-bond acceptors (Lipinski definition) is 1. The Balaban J connectivity index is 2.10. The maximum absolute atomic E-state index is 4.12. The van der Waals surface area contributed by atoms with Crippen LogP contribution in [0.3, 0.4) is 0 Å². The van der Waals surface area contributed by atoms with Crippen LogP contribution in [0, 0.1) is 6.07 Å². The monoisotopic (exact) mass is 249 g/mol. The van der Waals surface area contributed by atoms with Gasteiger partial charge < -0.3 is 4.57 Å². The molecule has 0 spiro atoms. The van der Waals surface area contributed by atoms with Gasteiger partial charge in [-0.3, -0.25) is 4.98 Å². The molecule has 1 radical (unpaired) electrons. The minimum atomic E-state index is 0.382. The maximum atomic E-state index is 4.12. The highest BCUT2D eigenvalue weighted by atomic mass is 15.0. The van der Waals surface area contributed by atoms with E-state index in [2.05, 4.69) is 53.0 Å². The van der Waals surface area contributed by atoms with E-state index < -0.39 is 0 Å². The van der Waals surface area contributed by atoms with Crippen molar-refractivity contribution in [2.24, 2.45) is 0 Å². The van der Waals surface area contributed by atoms with Gasteiger partial charge in [-0.25, -0.2) is 0 Å². The van der Waals surface area contributed by atoms with Crippen molar-refractivity contribution in [2.75, 3.05) is 0 Å². The first-order chi connectivity index (χ1) is 9.40. The number of benzene rings is 1. The Morgan fingerprint density at radius 1 is 1.21 bits per heavy atom. The zero-order chi connectivity index (χ0) is 13.1. The molecule has 1 unspecified atom stereocenters. The predicted molar refractivity (Wildman–Crippen MR) is 78.1 cm³/mol. The molecule has 95 valence electrons. The highest BCUT2D eigenvalue weighted by Crippen LogP contribution is 2.28. The lowest BCUT2D eigenvalue weighted by molar-refractivity contribution is 0.548. The van der Waals surface area contributed by atoms with Crippen LogP contribution in [0.4, 0.5) is 0 Å². The van der Waals surface area contributed by atoms with E-state index in [0.717, 1.165) is 12.8 Å². The molecule has 2 nitrogen and oxygen atoms in total. The predicted octanol–water partition coefficient (Wildman–Crippen LogP) is 4.23. The van der Waals surface area contributed by atoms with Crippen molar-refractivity contribution in [3.8, 4) is 0 Å². The van der Waals surface area contributed by atoms with Crippen LogP contribution in [0.5, 0.6) is 0 Å². The van der Waals surface area contributed by atoms with Gasteiger partial charge >= 0.3 is 0 Å². The molecule has 0 aliphatic rings. The normalized spacial score (nSPS) is 12.7. The van der Waals surface area contributed by atoms with Crippen LogP contribution >= 0.6 is 0 Å². The molecule has 0 N–H and O–H groups in total. The number of aromatic nitrogens is 2. The van der Waals surface area contributed by atoms with E-state index in [9.17, 15) is 0 Å². The van der Waals surface area contributed by atoms with Crippen LogP contribution in [0.2, 0.25) is 0 Å². The van der Waals surface area contributed by atoms with Crippen molar-refractivity contribution < 1.29 is 0 Å². The van der Waals surface area contributed by atoms with Crippen LogP contribution in [0.15, 0.2) is 55.0 Å². The third kappa shape index (κ3) is 2.26. The van der Waals surface area contributed by atoms with Gasteiger partial charge in [0, 0.05) is 29.5 Å². The number of nitrogens with zero attached hydrogens (tertiary/aromatic N) is 2. The zero-order valence-electron chi connectivity index (χ0n) is 11.1. The molecule has 2 aromatic heterocycles. The maximum Gasteiger partial charge on any atom is 0.0586 e. The lowest BCUT2D eigenvalue weighted by Gasteiger charge is -2.20. The van der Waals surface area contributed by atoms with Crippen LogP contribution in [0.1, 0.15) is 31.4 Å². The van der Waals surface area contributed by atoms with E-state index in [1.807, 2.05) is 24.5 Å². The average Bonchev–Trinajstić information content (AvgIpc) is 2.89. The largest absolute Gasteiger partial charge is 0.340 e. The molecule has 0 aliphatic heterocycles. The molecule has 0 saturated carbocycles. The van der Waals surface area contributed by atoms with Crippen molar-refractivity contribution in [2.45, 2.75) is 25.8 Å². The summed E-state index contributed by atoms with van der Waals surface area (Å²) in [5, 5.41) is 1.25. The van der Waals surface area contributed by atoms with E-state index in [4.69, 9.17) is 0 Å². The zero-order valence-corrected chi connectivity index (χ0v) is 11.1. The third-order valence-electron chi connectivity index (χ3n) is 3.55. The fourth-order valence-corrected chi connectivity index (χ4v) is 2.64. The van der Waals surface area contributed by atoms with Gasteiger partial charge in [0.1, 0.15) is 0 Å². The van der Waals surface area contributed by atoms with E-state index in [-0.39, 0.29) is 0 Å². The molecule has 2 heteroatoms. The summed E-state index contributed by atoms with van der Waals surface area (Å²) in [6, 6.07) is 16.1. The lowest BCUT2D eigenvalue weighted by atomic mass is 10.0. The SMILES string of the molecule is CCCC(c1ccncc1)n1ccc2c[c]ccc21. The molecule has 3 aromatic rings. The van der Waals surface area contributed by atoms with Crippen molar-refractivity contribution in [3.05, 3.63) is 66.6 Å². The summed E-state index contributed by atoms with van der Waals surface area (Å²) in [5.41, 5.74) is 2.59. The summed E-state index contributed by atoms with van der Waals surface area (Å²) in [7, 11) is 0. The molecule has 0 saturated heterocycles. The Morgan fingerprint density at radius 2 is 2.05 bits per heavy atom. The molecule has 0 amide bonds. The Bertz CT molecular complexity index is 655. The van der Waals surface area contributed by atoms with Crippen LogP contribution in [0.25, 0.3) is 10.9 Å². The van der Waals surface area contributed by atoms with Crippen LogP contribution in [-0.2, 0) is 0 Å². The van der Waals surface area contributed by atoms with Crippen molar-refractivity contribution in [1.82, 2.24) is 9.55 Å². The van der Waals surface area contributed by atoms with Gasteiger partial charge in [0.05, 0.1) is 6.04 Å². The number of pyridine rings is 1. The molecule has 0 fully saturated rings. The number of hydrogen-bond donors (Lipinski definition) is 0. The Labute approximate surface area is 113 Å². The van der Waals surface area contributed by atoms with E-state index in [1.165, 1.54) is 16.5 Å². The first kappa shape index (κ1) is 12.0. The second-order valence-electron chi connectivity index (χ2n) is 4.79. The molecule has 2 heterocycles. The van der Waals surface area contributed by atoms with Crippen LogP contribution < -0.4 is 0 Å². The standard InChI is InChI=1S/C17H17N2/c1-2-5-16(15-8-11-18-12-9-15)19-13-10-14-6-3-4-7-17(14)19/h4,6-13,16H,2,5H2,1H3. The van der Waals surface area contributed by atoms with E-state index in [0.29, 0.717) is 6.04 Å². The van der Waals surface area contributed by atoms with Gasteiger partial charge in [0.25, 0.3) is 0 Å². The molecule has 0 aliphatic carbocycles. The summed E-state index contributed by atoms with van der Waals surface area (Å²) >= 11 is 0. The van der Waals surface area contributed by atoms with Crippen molar-refractivity contribution >= 4 is 10.9 Å². The minimum absolute atomic E-state index is 0.382. The second kappa shape index (κ2) is 5.27. The highest BCUT2D eigenvalue weighted by molar-refractivity contribution is 5.80. The quantitative estimate of drug-likeness (QED) is 0.676. The molecular weight excluding hydrogens is 232 g/mol. The van der Waals surface area contributed by atoms with E-state index >= 15 is 0 Å². The van der Waals surface area contributed by atoms with Gasteiger partial charge in [-0.05, 0) is 48.4 Å². The second-order valence-corrected chi connectivity index (χ2v) is 4.79. The van der Waals surface area contributed by atoms with Crippen molar-refractivity contribution in [3.63, 3.8) is 0 Å². The first-order valence-electron chi connectivity index (χ1n) is 6.76. The fraction of sp³-hybridized carbons (Fsp3) is 0.235. The molecule has 19 heavy (non-hydrogen) atoms. The van der Waals surface area contributed by atoms with E-state index in [1.54, 1.807) is 0 Å². The summed E-state index contributed by atoms with van der Waals surface area (Å²) in [6.45, 7) is 2.23. The topological polar surface area (TPSA) is 17.8 Å². The van der Waals surface area contributed by atoms with Gasteiger partial charge in [-0.1, -0.05) is 19.4 Å². The van der Waals surface area contributed by atoms with Gasteiger partial charge in [-0.2, -0.15) is 0 Å². The summed E-state index contributed by atoms with van der Waals surface area (Å²) in [5.74, 6) is 0. The van der Waals surface area contributed by atoms with Gasteiger partial charge in [0.2, 0.25) is 0 Å². The summed E-state index contributed by atoms with van der Waals surface area (Å²) < 4.78 is 2.36. The first-order valence-corrected chi connectivity index (χ1v) is 6.76. The minimum Gasteiger partial charge on any atom is -0.340 e. The van der Waals surface area contributed by atoms with Crippen LogP contribution in [-0.4, -0.2) is 9.55 Å². The van der Waals surface area contributed by atoms with Gasteiger partial charge in [0.15, 0.2) is 0 Å². The molecule has 1 aromatic carbocycles.